The molecule has 0 aromatic carbocycles. The Hall–Kier alpha value is -2.03. The molecule has 0 bridgehead atoms. The van der Waals surface area contributed by atoms with E-state index in [9.17, 15) is 19.0 Å². The van der Waals surface area contributed by atoms with Crippen molar-refractivity contribution in [1.29, 1.82) is 0 Å². The maximum atomic E-state index is 12.7. The molecule has 0 aromatic heterocycles. The van der Waals surface area contributed by atoms with Crippen LogP contribution in [0.5, 0.6) is 0 Å². The fourth-order valence-electron chi connectivity index (χ4n) is 6.36. The second-order valence-electron chi connectivity index (χ2n) is 17.1. The van der Waals surface area contributed by atoms with Crippen molar-refractivity contribution >= 4 is 19.8 Å². The summed E-state index contributed by atoms with van der Waals surface area (Å²) in [6.45, 7) is 4.35. The Morgan fingerprint density at radius 3 is 1.41 bits per heavy atom. The predicted octanol–water partition coefficient (Wildman–Crippen LogP) is 13.9. The van der Waals surface area contributed by atoms with Crippen LogP contribution >= 0.6 is 7.82 Å². The van der Waals surface area contributed by atoms with E-state index in [1.54, 1.807) is 0 Å². The summed E-state index contributed by atoms with van der Waals surface area (Å²) in [4.78, 5) is 35.4. The standard InChI is InChI=1S/C49H90NO8P/c1-6-8-10-12-14-16-18-20-22-24-26-28-30-32-34-36-38-40-42-49(52)58-47(46-57-59(53,54)56-44-43-50(3,4)5)45-55-48(51)41-39-37-35-33-31-29-27-25-23-21-19-17-15-13-11-9-7-2/h15,17,21,23,27,29,33,35,47H,6-14,16,18-20,22,24-26,28,30-32,34,36-46H2,1-5H3/p+1/b17-15+,23-21+,29-27+,35-33+/t47-/m1/s1. The third kappa shape index (κ3) is 45.3. The monoisotopic (exact) mass is 853 g/mol. The number of likely N-dealkylation sites (N-methyl/N-ethyl adjacent to an activating group) is 1. The first-order chi connectivity index (χ1) is 28.5. The van der Waals surface area contributed by atoms with Crippen LogP contribution in [0.3, 0.4) is 0 Å². The van der Waals surface area contributed by atoms with Gasteiger partial charge in [-0.25, -0.2) is 4.57 Å². The van der Waals surface area contributed by atoms with Gasteiger partial charge >= 0.3 is 19.8 Å². The molecule has 10 heteroatoms. The number of rotatable bonds is 43. The minimum Gasteiger partial charge on any atom is -0.462 e. The summed E-state index contributed by atoms with van der Waals surface area (Å²) in [6.07, 6.45) is 48.8. The molecule has 0 aromatic rings. The molecule has 59 heavy (non-hydrogen) atoms. The highest BCUT2D eigenvalue weighted by Crippen LogP contribution is 2.43. The van der Waals surface area contributed by atoms with Gasteiger partial charge in [0, 0.05) is 12.8 Å². The number of ether oxygens (including phenoxy) is 2. The topological polar surface area (TPSA) is 108 Å². The van der Waals surface area contributed by atoms with E-state index in [4.69, 9.17) is 18.5 Å². The van der Waals surface area contributed by atoms with Crippen molar-refractivity contribution in [3.63, 3.8) is 0 Å². The number of carbonyl (C=O) groups excluding carboxylic acids is 2. The van der Waals surface area contributed by atoms with E-state index in [1.165, 1.54) is 122 Å². The molecular formula is C49H91NO8P+. The van der Waals surface area contributed by atoms with Crippen molar-refractivity contribution < 1.29 is 42.1 Å². The fourth-order valence-corrected chi connectivity index (χ4v) is 7.10. The van der Waals surface area contributed by atoms with Crippen molar-refractivity contribution in [1.82, 2.24) is 0 Å². The highest BCUT2D eigenvalue weighted by Gasteiger charge is 2.27. The lowest BCUT2D eigenvalue weighted by Gasteiger charge is -2.24. The third-order valence-electron chi connectivity index (χ3n) is 10.1. The Bertz CT molecular complexity index is 1150. The van der Waals surface area contributed by atoms with Crippen molar-refractivity contribution in [3.05, 3.63) is 48.6 Å². The van der Waals surface area contributed by atoms with Gasteiger partial charge in [0.1, 0.15) is 19.8 Å². The van der Waals surface area contributed by atoms with Crippen LogP contribution < -0.4 is 0 Å². The zero-order valence-electron chi connectivity index (χ0n) is 38.7. The van der Waals surface area contributed by atoms with Crippen LogP contribution in [-0.2, 0) is 32.7 Å². The number of quaternary nitrogens is 1. The summed E-state index contributed by atoms with van der Waals surface area (Å²) in [5.41, 5.74) is 0. The van der Waals surface area contributed by atoms with Gasteiger partial charge < -0.3 is 18.9 Å². The number of unbranched alkanes of at least 4 members (excludes halogenated alkanes) is 21. The molecule has 0 rings (SSSR count). The van der Waals surface area contributed by atoms with Crippen LogP contribution in [0, 0.1) is 0 Å². The van der Waals surface area contributed by atoms with E-state index >= 15 is 0 Å². The first-order valence-electron chi connectivity index (χ1n) is 23.9. The molecule has 0 saturated carbocycles. The number of hydrogen-bond acceptors (Lipinski definition) is 7. The van der Waals surface area contributed by atoms with E-state index < -0.39 is 32.5 Å². The maximum absolute atomic E-state index is 12.7. The zero-order chi connectivity index (χ0) is 43.6. The summed E-state index contributed by atoms with van der Waals surface area (Å²) in [6, 6.07) is 0. The Balaban J connectivity index is 4.38. The van der Waals surface area contributed by atoms with Crippen LogP contribution in [0.4, 0.5) is 0 Å². The first kappa shape index (κ1) is 57.0. The van der Waals surface area contributed by atoms with Gasteiger partial charge in [-0.2, -0.15) is 0 Å². The predicted molar refractivity (Wildman–Crippen MR) is 247 cm³/mol. The first-order valence-corrected chi connectivity index (χ1v) is 25.4. The quantitative estimate of drug-likeness (QED) is 0.0212. The van der Waals surface area contributed by atoms with E-state index in [2.05, 4.69) is 62.5 Å². The smallest absolute Gasteiger partial charge is 0.462 e. The molecule has 9 nitrogen and oxygen atoms in total. The summed E-state index contributed by atoms with van der Waals surface area (Å²) in [7, 11) is 1.45. The van der Waals surface area contributed by atoms with Gasteiger partial charge in [0.05, 0.1) is 27.7 Å². The Morgan fingerprint density at radius 2 is 0.932 bits per heavy atom. The number of phosphoric ester groups is 1. The molecule has 0 heterocycles. The van der Waals surface area contributed by atoms with Gasteiger partial charge in [-0.1, -0.05) is 184 Å². The van der Waals surface area contributed by atoms with Crippen molar-refractivity contribution in [2.24, 2.45) is 0 Å². The van der Waals surface area contributed by atoms with Gasteiger partial charge in [0.25, 0.3) is 0 Å². The van der Waals surface area contributed by atoms with Crippen LogP contribution in [0.15, 0.2) is 48.6 Å². The van der Waals surface area contributed by atoms with Crippen molar-refractivity contribution in [3.8, 4) is 0 Å². The van der Waals surface area contributed by atoms with Gasteiger partial charge in [0.15, 0.2) is 6.10 Å². The molecule has 0 radical (unpaired) electrons. The van der Waals surface area contributed by atoms with Crippen LogP contribution in [0.1, 0.15) is 200 Å². The summed E-state index contributed by atoms with van der Waals surface area (Å²) < 4.78 is 34.3. The average molecular weight is 853 g/mol. The molecular weight excluding hydrogens is 762 g/mol. The molecule has 0 saturated heterocycles. The van der Waals surface area contributed by atoms with Crippen LogP contribution in [0.2, 0.25) is 0 Å². The molecule has 0 aliphatic carbocycles. The minimum atomic E-state index is -4.39. The molecule has 0 spiro atoms. The number of phosphoric acid groups is 1. The number of esters is 2. The van der Waals surface area contributed by atoms with E-state index in [0.717, 1.165) is 38.5 Å². The van der Waals surface area contributed by atoms with Gasteiger partial charge in [-0.3, -0.25) is 18.6 Å². The second kappa shape index (κ2) is 41.3. The number of hydrogen-bond donors (Lipinski definition) is 1. The molecule has 344 valence electrons. The van der Waals surface area contributed by atoms with Crippen molar-refractivity contribution in [2.75, 3.05) is 47.5 Å². The molecule has 2 atom stereocenters. The zero-order valence-corrected chi connectivity index (χ0v) is 39.6. The minimum absolute atomic E-state index is 0.0233. The number of allylic oxidation sites excluding steroid dienone is 8. The molecule has 0 aliphatic rings. The van der Waals surface area contributed by atoms with Crippen molar-refractivity contribution in [2.45, 2.75) is 206 Å². The molecule has 1 N–H and O–H groups in total. The van der Waals surface area contributed by atoms with Gasteiger partial charge in [0.2, 0.25) is 0 Å². The van der Waals surface area contributed by atoms with Gasteiger partial charge in [-0.05, 0) is 51.4 Å². The lowest BCUT2D eigenvalue weighted by molar-refractivity contribution is -0.870. The maximum Gasteiger partial charge on any atom is 0.472 e. The Labute approximate surface area is 363 Å². The van der Waals surface area contributed by atoms with Crippen LogP contribution in [0.25, 0.3) is 0 Å². The second-order valence-corrected chi connectivity index (χ2v) is 18.6. The van der Waals surface area contributed by atoms with E-state index in [-0.39, 0.29) is 26.1 Å². The lowest BCUT2D eigenvalue weighted by atomic mass is 10.0. The van der Waals surface area contributed by atoms with Crippen LogP contribution in [-0.4, -0.2) is 74.9 Å². The Morgan fingerprint density at radius 1 is 0.525 bits per heavy atom. The van der Waals surface area contributed by atoms with E-state index in [1.807, 2.05) is 21.1 Å². The lowest BCUT2D eigenvalue weighted by Crippen LogP contribution is -2.37. The summed E-state index contributed by atoms with van der Waals surface area (Å²) in [5, 5.41) is 0. The Kier molecular flexibility index (Phi) is 39.9. The molecule has 0 aliphatic heterocycles. The summed E-state index contributed by atoms with van der Waals surface area (Å²) >= 11 is 0. The molecule has 0 amide bonds. The normalized spacial score (nSPS) is 13.9. The number of carbonyl (C=O) groups is 2. The van der Waals surface area contributed by atoms with E-state index in [0.29, 0.717) is 23.9 Å². The SMILES string of the molecule is CCCCC/C=C/C/C=C/C/C=C/C/C=C/CCCC(=O)OC[C@H](COP(=O)(O)OCC[N+](C)(C)C)OC(=O)CCCCCCCCCCCCCCCCCCCC. The molecule has 1 unspecified atom stereocenters. The average Bonchev–Trinajstić information content (AvgIpc) is 3.19. The highest BCUT2D eigenvalue weighted by atomic mass is 31.2. The highest BCUT2D eigenvalue weighted by molar-refractivity contribution is 7.47. The summed E-state index contributed by atoms with van der Waals surface area (Å²) in [5.74, 6) is -0.859. The number of nitrogens with zero attached hydrogens (tertiary/aromatic N) is 1. The van der Waals surface area contributed by atoms with Gasteiger partial charge in [-0.15, -0.1) is 0 Å². The fraction of sp³-hybridized carbons (Fsp3) is 0.796. The molecule has 0 fully saturated rings. The third-order valence-corrected chi connectivity index (χ3v) is 11.1. The largest absolute Gasteiger partial charge is 0.472 e.